The van der Waals surface area contributed by atoms with Crippen molar-refractivity contribution in [3.63, 3.8) is 0 Å². The normalized spacial score (nSPS) is 11.3. The summed E-state index contributed by atoms with van der Waals surface area (Å²) < 4.78 is 55.9. The lowest BCUT2D eigenvalue weighted by Gasteiger charge is -2.12. The molecule has 0 aliphatic carbocycles. The van der Waals surface area contributed by atoms with E-state index >= 15 is 0 Å². The maximum atomic E-state index is 13.1. The number of oxazole rings is 1. The van der Waals surface area contributed by atoms with Gasteiger partial charge in [0.2, 0.25) is 5.89 Å². The van der Waals surface area contributed by atoms with E-state index in [-0.39, 0.29) is 12.4 Å². The highest BCUT2D eigenvalue weighted by Crippen LogP contribution is 2.33. The van der Waals surface area contributed by atoms with E-state index in [0.29, 0.717) is 36.0 Å². The van der Waals surface area contributed by atoms with Gasteiger partial charge in [-0.15, -0.1) is 0 Å². The number of alkyl halides is 3. The van der Waals surface area contributed by atoms with Crippen LogP contribution in [0, 0.1) is 0 Å². The quantitative estimate of drug-likeness (QED) is 0.535. The van der Waals surface area contributed by atoms with E-state index in [9.17, 15) is 18.0 Å². The summed E-state index contributed by atoms with van der Waals surface area (Å²) in [7, 11) is 0. The van der Waals surface area contributed by atoms with E-state index in [1.807, 2.05) is 13.8 Å². The van der Waals surface area contributed by atoms with Crippen molar-refractivity contribution in [3.8, 4) is 23.0 Å². The van der Waals surface area contributed by atoms with Crippen LogP contribution in [0.15, 0.2) is 53.1 Å². The molecule has 3 aromatic rings. The third kappa shape index (κ3) is 5.36. The Bertz CT molecular complexity index is 1050. The number of nitrogens with one attached hydrogen (secondary N) is 1. The van der Waals surface area contributed by atoms with Gasteiger partial charge < -0.3 is 19.2 Å². The molecule has 31 heavy (non-hydrogen) atoms. The molecule has 0 saturated carbocycles. The molecule has 1 aromatic heterocycles. The predicted molar refractivity (Wildman–Crippen MR) is 107 cm³/mol. The number of halogens is 3. The lowest BCUT2D eigenvalue weighted by molar-refractivity contribution is -0.137. The molecule has 9 heteroatoms. The SMILES string of the molecule is CCOc1ccc(-c2nc(CNC(=O)c3ccccc3C(F)(F)F)co2)cc1OCC. The molecular formula is C22H21F3N2O4. The van der Waals surface area contributed by atoms with Crippen molar-refractivity contribution in [2.45, 2.75) is 26.6 Å². The topological polar surface area (TPSA) is 73.6 Å². The minimum atomic E-state index is -4.62. The van der Waals surface area contributed by atoms with Crippen LogP contribution >= 0.6 is 0 Å². The number of carbonyl (C=O) groups excluding carboxylic acids is 1. The molecule has 0 bridgehead atoms. The summed E-state index contributed by atoms with van der Waals surface area (Å²) in [5, 5.41) is 2.44. The average molecular weight is 434 g/mol. The van der Waals surface area contributed by atoms with E-state index in [2.05, 4.69) is 10.3 Å². The highest BCUT2D eigenvalue weighted by atomic mass is 19.4. The number of carbonyl (C=O) groups is 1. The van der Waals surface area contributed by atoms with Crippen LogP contribution in [-0.4, -0.2) is 24.1 Å². The molecule has 0 fully saturated rings. The van der Waals surface area contributed by atoms with Gasteiger partial charge in [0.25, 0.3) is 5.91 Å². The lowest BCUT2D eigenvalue weighted by Crippen LogP contribution is -2.26. The summed E-state index contributed by atoms with van der Waals surface area (Å²) in [6.07, 6.45) is -3.29. The van der Waals surface area contributed by atoms with Gasteiger partial charge in [-0.25, -0.2) is 4.98 Å². The van der Waals surface area contributed by atoms with Crippen LogP contribution in [0.5, 0.6) is 11.5 Å². The van der Waals surface area contributed by atoms with Crippen LogP contribution in [0.4, 0.5) is 13.2 Å². The first-order chi connectivity index (χ1) is 14.8. The molecule has 0 spiro atoms. The summed E-state index contributed by atoms with van der Waals surface area (Å²) in [6.45, 7) is 4.56. The maximum absolute atomic E-state index is 13.1. The van der Waals surface area contributed by atoms with Crippen molar-refractivity contribution >= 4 is 5.91 Å². The van der Waals surface area contributed by atoms with Gasteiger partial charge in [-0.1, -0.05) is 12.1 Å². The third-order valence-electron chi connectivity index (χ3n) is 4.25. The Hall–Kier alpha value is -3.49. The van der Waals surface area contributed by atoms with E-state index in [1.54, 1.807) is 18.2 Å². The fourth-order valence-corrected chi connectivity index (χ4v) is 2.90. The van der Waals surface area contributed by atoms with Crippen molar-refractivity contribution in [2.75, 3.05) is 13.2 Å². The predicted octanol–water partition coefficient (Wildman–Crippen LogP) is 5.09. The standard InChI is InChI=1S/C22H21F3N2O4/c1-3-29-18-10-9-14(11-19(18)30-4-2)21-27-15(13-31-21)12-26-20(28)16-7-5-6-8-17(16)22(23,24)25/h5-11,13H,3-4,12H2,1-2H3,(H,26,28). The molecule has 2 aromatic carbocycles. The molecule has 1 heterocycles. The second-order valence-electron chi connectivity index (χ2n) is 6.40. The first-order valence-corrected chi connectivity index (χ1v) is 9.62. The molecule has 0 radical (unpaired) electrons. The summed E-state index contributed by atoms with van der Waals surface area (Å²) in [5.74, 6) is 0.565. The minimum Gasteiger partial charge on any atom is -0.490 e. The minimum absolute atomic E-state index is 0.0934. The fraction of sp³-hybridized carbons (Fsp3) is 0.273. The first kappa shape index (κ1) is 22.2. The van der Waals surface area contributed by atoms with Crippen molar-refractivity contribution < 1.29 is 31.9 Å². The van der Waals surface area contributed by atoms with Gasteiger partial charge >= 0.3 is 6.18 Å². The molecule has 0 unspecified atom stereocenters. The van der Waals surface area contributed by atoms with E-state index in [1.165, 1.54) is 18.4 Å². The fourth-order valence-electron chi connectivity index (χ4n) is 2.90. The Labute approximate surface area is 177 Å². The molecule has 0 saturated heterocycles. The number of hydrogen-bond acceptors (Lipinski definition) is 5. The van der Waals surface area contributed by atoms with Crippen molar-refractivity contribution in [1.29, 1.82) is 0 Å². The number of aromatic nitrogens is 1. The first-order valence-electron chi connectivity index (χ1n) is 9.62. The van der Waals surface area contributed by atoms with Crippen LogP contribution in [0.1, 0.15) is 35.5 Å². The largest absolute Gasteiger partial charge is 0.490 e. The van der Waals surface area contributed by atoms with E-state index in [4.69, 9.17) is 13.9 Å². The lowest BCUT2D eigenvalue weighted by atomic mass is 10.1. The highest BCUT2D eigenvalue weighted by Gasteiger charge is 2.34. The van der Waals surface area contributed by atoms with Crippen LogP contribution in [0.25, 0.3) is 11.5 Å². The van der Waals surface area contributed by atoms with Gasteiger partial charge in [0.05, 0.1) is 36.6 Å². The number of ether oxygens (including phenoxy) is 2. The molecule has 1 amide bonds. The van der Waals surface area contributed by atoms with Crippen LogP contribution < -0.4 is 14.8 Å². The maximum Gasteiger partial charge on any atom is 0.417 e. The zero-order valence-electron chi connectivity index (χ0n) is 17.0. The smallest absolute Gasteiger partial charge is 0.417 e. The van der Waals surface area contributed by atoms with Gasteiger partial charge in [0, 0.05) is 5.56 Å². The van der Waals surface area contributed by atoms with Crippen molar-refractivity contribution in [1.82, 2.24) is 10.3 Å². The van der Waals surface area contributed by atoms with Crippen LogP contribution in [0.2, 0.25) is 0 Å². The molecule has 0 atom stereocenters. The summed E-state index contributed by atoms with van der Waals surface area (Å²) in [4.78, 5) is 16.6. The Morgan fingerprint density at radius 1 is 1.06 bits per heavy atom. The number of rotatable bonds is 8. The van der Waals surface area contributed by atoms with Gasteiger partial charge in [-0.3, -0.25) is 4.79 Å². The molecule has 0 aliphatic heterocycles. The van der Waals surface area contributed by atoms with Crippen LogP contribution in [0.3, 0.4) is 0 Å². The molecular weight excluding hydrogens is 413 g/mol. The van der Waals surface area contributed by atoms with Gasteiger partial charge in [-0.05, 0) is 44.2 Å². The van der Waals surface area contributed by atoms with Gasteiger partial charge in [-0.2, -0.15) is 13.2 Å². The summed E-state index contributed by atoms with van der Waals surface area (Å²) in [5.41, 5.74) is -0.454. The molecule has 164 valence electrons. The van der Waals surface area contributed by atoms with E-state index in [0.717, 1.165) is 12.1 Å². The molecule has 3 rings (SSSR count). The van der Waals surface area contributed by atoms with E-state index < -0.39 is 23.2 Å². The molecule has 6 nitrogen and oxygen atoms in total. The molecule has 0 aliphatic rings. The Kier molecular flexibility index (Phi) is 6.84. The highest BCUT2D eigenvalue weighted by molar-refractivity contribution is 5.95. The molecule has 1 N–H and O–H groups in total. The average Bonchev–Trinajstić information content (AvgIpc) is 3.22. The summed E-state index contributed by atoms with van der Waals surface area (Å²) in [6, 6.07) is 9.82. The van der Waals surface area contributed by atoms with Crippen molar-refractivity contribution in [2.24, 2.45) is 0 Å². The zero-order chi connectivity index (χ0) is 22.4. The number of hydrogen-bond donors (Lipinski definition) is 1. The monoisotopic (exact) mass is 434 g/mol. The van der Waals surface area contributed by atoms with Gasteiger partial charge in [0.15, 0.2) is 11.5 Å². The van der Waals surface area contributed by atoms with Crippen molar-refractivity contribution in [3.05, 3.63) is 65.5 Å². The van der Waals surface area contributed by atoms with Crippen LogP contribution in [-0.2, 0) is 12.7 Å². The Balaban J connectivity index is 1.73. The zero-order valence-corrected chi connectivity index (χ0v) is 17.0. The number of nitrogens with zero attached hydrogens (tertiary/aromatic N) is 1. The second-order valence-corrected chi connectivity index (χ2v) is 6.40. The third-order valence-corrected chi connectivity index (χ3v) is 4.25. The number of benzene rings is 2. The second kappa shape index (κ2) is 9.55. The van der Waals surface area contributed by atoms with Gasteiger partial charge in [0.1, 0.15) is 6.26 Å². The summed E-state index contributed by atoms with van der Waals surface area (Å²) >= 11 is 0. The Morgan fingerprint density at radius 3 is 2.48 bits per heavy atom. The Morgan fingerprint density at radius 2 is 1.77 bits per heavy atom. The number of amides is 1.